The number of rotatable bonds is 6. The summed E-state index contributed by atoms with van der Waals surface area (Å²) in [6.07, 6.45) is 1.000. The van der Waals surface area contributed by atoms with Crippen LogP contribution in [0.4, 0.5) is 0 Å². The Morgan fingerprint density at radius 3 is 2.67 bits per heavy atom. The van der Waals surface area contributed by atoms with Gasteiger partial charge in [-0.05, 0) is 80.3 Å². The molecule has 0 spiro atoms. The molecule has 2 aliphatic rings. The number of ether oxygens (including phenoxy) is 3. The Labute approximate surface area is 235 Å². The first-order valence-corrected chi connectivity index (χ1v) is 14.0. The quantitative estimate of drug-likeness (QED) is 0.306. The molecule has 3 heterocycles. The molecule has 1 fully saturated rings. The largest absolute Gasteiger partial charge is 0.489 e. The van der Waals surface area contributed by atoms with Gasteiger partial charge in [-0.25, -0.2) is 4.68 Å². The van der Waals surface area contributed by atoms with Crippen LogP contribution < -0.4 is 9.47 Å². The highest BCUT2D eigenvalue weighted by Crippen LogP contribution is 2.40. The highest BCUT2D eigenvalue weighted by Gasteiger charge is 2.26. The molecule has 7 nitrogen and oxygen atoms in total. The third-order valence-electron chi connectivity index (χ3n) is 7.69. The third kappa shape index (κ3) is 5.34. The van der Waals surface area contributed by atoms with Crippen molar-refractivity contribution >= 4 is 5.91 Å². The molecule has 40 heavy (non-hydrogen) atoms. The van der Waals surface area contributed by atoms with Crippen molar-refractivity contribution in [2.45, 2.75) is 33.7 Å². The zero-order valence-electron chi connectivity index (χ0n) is 23.4. The van der Waals surface area contributed by atoms with Gasteiger partial charge >= 0.3 is 0 Å². The van der Waals surface area contributed by atoms with E-state index in [1.807, 2.05) is 65.9 Å². The van der Waals surface area contributed by atoms with E-state index in [0.717, 1.165) is 64.9 Å². The molecule has 7 heteroatoms. The Hall–Kier alpha value is -4.10. The number of aromatic nitrogens is 2. The van der Waals surface area contributed by atoms with Gasteiger partial charge in [0.2, 0.25) is 0 Å². The van der Waals surface area contributed by atoms with Gasteiger partial charge in [0.05, 0.1) is 31.1 Å². The minimum Gasteiger partial charge on any atom is -0.489 e. The Morgan fingerprint density at radius 2 is 1.90 bits per heavy atom. The van der Waals surface area contributed by atoms with Gasteiger partial charge in [-0.3, -0.25) is 4.79 Å². The maximum absolute atomic E-state index is 13.8. The molecule has 4 aromatic rings. The second-order valence-electron chi connectivity index (χ2n) is 10.8. The van der Waals surface area contributed by atoms with E-state index in [4.69, 9.17) is 14.2 Å². The summed E-state index contributed by atoms with van der Waals surface area (Å²) in [7, 11) is 0. The summed E-state index contributed by atoms with van der Waals surface area (Å²) in [6, 6.07) is 22.2. The van der Waals surface area contributed by atoms with E-state index in [2.05, 4.69) is 36.3 Å². The maximum atomic E-state index is 13.8. The predicted octanol–water partition coefficient (Wildman–Crippen LogP) is 5.91. The molecule has 1 saturated heterocycles. The number of carbonyl (C=O) groups excluding carboxylic acids is 1. The van der Waals surface area contributed by atoms with Crippen molar-refractivity contribution < 1.29 is 19.0 Å². The number of hydrogen-bond acceptors (Lipinski definition) is 5. The molecule has 0 aliphatic carbocycles. The zero-order valence-corrected chi connectivity index (χ0v) is 23.4. The van der Waals surface area contributed by atoms with Gasteiger partial charge in [-0.15, -0.1) is 0 Å². The lowest BCUT2D eigenvalue weighted by Crippen LogP contribution is -2.32. The van der Waals surface area contributed by atoms with E-state index in [9.17, 15) is 4.79 Å². The number of aryl methyl sites for hydroxylation is 3. The first kappa shape index (κ1) is 26.1. The molecule has 6 rings (SSSR count). The fourth-order valence-corrected chi connectivity index (χ4v) is 5.58. The topological polar surface area (TPSA) is 65.8 Å². The van der Waals surface area contributed by atoms with Crippen molar-refractivity contribution in [3.63, 3.8) is 0 Å². The van der Waals surface area contributed by atoms with Gasteiger partial charge < -0.3 is 19.1 Å². The second-order valence-corrected chi connectivity index (χ2v) is 10.8. The summed E-state index contributed by atoms with van der Waals surface area (Å²) in [6.45, 7) is 9.48. The monoisotopic (exact) mass is 537 g/mol. The van der Waals surface area contributed by atoms with Gasteiger partial charge in [0.15, 0.2) is 11.5 Å². The molecular formula is C33H35N3O4. The number of carbonyl (C=O) groups is 1. The van der Waals surface area contributed by atoms with Crippen LogP contribution in [0.2, 0.25) is 0 Å². The molecule has 0 radical (unpaired) electrons. The van der Waals surface area contributed by atoms with E-state index >= 15 is 0 Å². The highest BCUT2D eigenvalue weighted by molar-refractivity contribution is 5.95. The van der Waals surface area contributed by atoms with Crippen LogP contribution in [0.15, 0.2) is 66.7 Å². The van der Waals surface area contributed by atoms with E-state index in [0.29, 0.717) is 37.8 Å². The SMILES string of the molecule is Cc1cc(C)n(-c2cccc(C(=O)N3CCOc4c(cc(-c5ccccc5C)cc4OCC4CCOC4)C3)c2)n1. The van der Waals surface area contributed by atoms with E-state index in [1.54, 1.807) is 0 Å². The minimum absolute atomic E-state index is 0.0355. The molecule has 1 aromatic heterocycles. The van der Waals surface area contributed by atoms with E-state index in [1.165, 1.54) is 5.56 Å². The summed E-state index contributed by atoms with van der Waals surface area (Å²) in [5.41, 5.74) is 7.79. The van der Waals surface area contributed by atoms with Crippen molar-refractivity contribution in [1.82, 2.24) is 14.7 Å². The maximum Gasteiger partial charge on any atom is 0.254 e. The molecule has 1 atom stereocenters. The normalized spacial score (nSPS) is 16.8. The number of fused-ring (bicyclic) bond motifs is 1. The fourth-order valence-electron chi connectivity index (χ4n) is 5.58. The van der Waals surface area contributed by atoms with Crippen LogP contribution in [0.25, 0.3) is 16.8 Å². The fraction of sp³-hybridized carbons (Fsp3) is 0.333. The van der Waals surface area contributed by atoms with E-state index in [-0.39, 0.29) is 5.91 Å². The Morgan fingerprint density at radius 1 is 1.02 bits per heavy atom. The van der Waals surface area contributed by atoms with Gasteiger partial charge in [0.1, 0.15) is 6.61 Å². The Bertz CT molecular complexity index is 1540. The molecule has 0 saturated carbocycles. The zero-order chi connectivity index (χ0) is 27.6. The van der Waals surface area contributed by atoms with Crippen LogP contribution in [0.5, 0.6) is 11.5 Å². The lowest BCUT2D eigenvalue weighted by atomic mass is 9.97. The van der Waals surface area contributed by atoms with Gasteiger partial charge in [0.25, 0.3) is 5.91 Å². The Kier molecular flexibility index (Phi) is 7.30. The molecule has 1 amide bonds. The summed E-state index contributed by atoms with van der Waals surface area (Å²) in [5.74, 6) is 1.79. The van der Waals surface area contributed by atoms with Gasteiger partial charge in [-0.1, -0.05) is 30.3 Å². The second kappa shape index (κ2) is 11.2. The van der Waals surface area contributed by atoms with Crippen molar-refractivity contribution in [3.8, 4) is 28.3 Å². The third-order valence-corrected chi connectivity index (χ3v) is 7.69. The van der Waals surface area contributed by atoms with Crippen LogP contribution >= 0.6 is 0 Å². The molecule has 206 valence electrons. The first-order valence-electron chi connectivity index (χ1n) is 14.0. The van der Waals surface area contributed by atoms with Gasteiger partial charge in [-0.2, -0.15) is 5.10 Å². The average Bonchev–Trinajstić information content (AvgIpc) is 3.54. The average molecular weight is 538 g/mol. The van der Waals surface area contributed by atoms with Crippen molar-refractivity contribution in [2.24, 2.45) is 5.92 Å². The molecular weight excluding hydrogens is 502 g/mol. The number of nitrogens with zero attached hydrogens (tertiary/aromatic N) is 3. The summed E-state index contributed by atoms with van der Waals surface area (Å²) in [5, 5.41) is 4.59. The molecule has 1 unspecified atom stereocenters. The number of benzene rings is 3. The summed E-state index contributed by atoms with van der Waals surface area (Å²) in [4.78, 5) is 15.7. The van der Waals surface area contributed by atoms with Crippen LogP contribution in [0.1, 0.15) is 39.3 Å². The predicted molar refractivity (Wildman–Crippen MR) is 154 cm³/mol. The molecule has 2 aliphatic heterocycles. The lowest BCUT2D eigenvalue weighted by molar-refractivity contribution is 0.0733. The smallest absolute Gasteiger partial charge is 0.254 e. The van der Waals surface area contributed by atoms with E-state index < -0.39 is 0 Å². The minimum atomic E-state index is -0.0355. The van der Waals surface area contributed by atoms with Crippen LogP contribution in [-0.4, -0.2) is 53.6 Å². The van der Waals surface area contributed by atoms with Crippen LogP contribution in [-0.2, 0) is 11.3 Å². The van der Waals surface area contributed by atoms with Gasteiger partial charge in [0, 0.05) is 35.9 Å². The number of hydrogen-bond donors (Lipinski definition) is 0. The van der Waals surface area contributed by atoms with Crippen molar-refractivity contribution in [1.29, 1.82) is 0 Å². The summed E-state index contributed by atoms with van der Waals surface area (Å²) >= 11 is 0. The summed E-state index contributed by atoms with van der Waals surface area (Å²) < 4.78 is 20.1. The Balaban J connectivity index is 1.32. The standard InChI is InChI=1S/C33H35N3O4/c1-22-7-4-5-10-30(22)27-16-28-19-35(12-14-39-32(28)31(18-27)40-21-25-11-13-38-20-25)33(37)26-8-6-9-29(17-26)36-24(3)15-23(2)34-36/h4-10,15-18,25H,11-14,19-21H2,1-3H3. The van der Waals surface area contributed by atoms with Crippen molar-refractivity contribution in [3.05, 3.63) is 94.8 Å². The molecule has 0 bridgehead atoms. The van der Waals surface area contributed by atoms with Crippen LogP contribution in [0, 0.1) is 26.7 Å². The molecule has 3 aromatic carbocycles. The number of amides is 1. The molecule has 0 N–H and O–H groups in total. The lowest BCUT2D eigenvalue weighted by Gasteiger charge is -2.21. The van der Waals surface area contributed by atoms with Crippen molar-refractivity contribution in [2.75, 3.05) is 33.0 Å². The highest BCUT2D eigenvalue weighted by atomic mass is 16.5. The first-order chi connectivity index (χ1) is 19.5. The van der Waals surface area contributed by atoms with Crippen LogP contribution in [0.3, 0.4) is 0 Å².